The fourth-order valence-corrected chi connectivity index (χ4v) is 2.78. The molecular formula is C23H25NO6. The Morgan fingerprint density at radius 3 is 2.20 bits per heavy atom. The van der Waals surface area contributed by atoms with Gasteiger partial charge in [0.1, 0.15) is 0 Å². The number of ketones is 2. The summed E-state index contributed by atoms with van der Waals surface area (Å²) >= 11 is 0. The van der Waals surface area contributed by atoms with E-state index in [1.807, 2.05) is 0 Å². The predicted octanol–water partition coefficient (Wildman–Crippen LogP) is 2.87. The van der Waals surface area contributed by atoms with E-state index >= 15 is 0 Å². The van der Waals surface area contributed by atoms with Gasteiger partial charge in [0.05, 0.1) is 20.6 Å². The van der Waals surface area contributed by atoms with Gasteiger partial charge in [0, 0.05) is 0 Å². The maximum Gasteiger partial charge on any atom is 0.163 e. The van der Waals surface area contributed by atoms with Crippen LogP contribution in [0.15, 0.2) is 42.5 Å². The lowest BCUT2D eigenvalue weighted by atomic mass is 10.0. The molecule has 0 aliphatic rings. The number of hydrogen-bond donors (Lipinski definition) is 3. The first kappa shape index (κ1) is 22.7. The maximum atomic E-state index is 12.2. The van der Waals surface area contributed by atoms with E-state index < -0.39 is 0 Å². The molecule has 2 aromatic carbocycles. The highest BCUT2D eigenvalue weighted by atomic mass is 16.5. The summed E-state index contributed by atoms with van der Waals surface area (Å²) in [5.41, 5.74) is 7.71. The molecule has 2 aromatic rings. The summed E-state index contributed by atoms with van der Waals surface area (Å²) in [5.74, 6) is -0.148. The van der Waals surface area contributed by atoms with Crippen molar-refractivity contribution in [2.45, 2.75) is 12.8 Å². The van der Waals surface area contributed by atoms with Crippen molar-refractivity contribution in [3.05, 3.63) is 59.2 Å². The van der Waals surface area contributed by atoms with Crippen molar-refractivity contribution in [1.82, 2.24) is 0 Å². The summed E-state index contributed by atoms with van der Waals surface area (Å²) in [6.45, 7) is 0.381. The number of phenols is 2. The zero-order valence-corrected chi connectivity index (χ0v) is 16.9. The van der Waals surface area contributed by atoms with Crippen LogP contribution >= 0.6 is 0 Å². The van der Waals surface area contributed by atoms with Crippen LogP contribution in [-0.4, -0.2) is 42.5 Å². The highest BCUT2D eigenvalue weighted by Crippen LogP contribution is 2.30. The second kappa shape index (κ2) is 10.8. The van der Waals surface area contributed by atoms with Gasteiger partial charge in [0.25, 0.3) is 0 Å². The van der Waals surface area contributed by atoms with Crippen LogP contribution in [-0.2, 0) is 16.0 Å². The van der Waals surface area contributed by atoms with Crippen LogP contribution in [0.1, 0.15) is 23.1 Å². The number of aromatic hydroxyl groups is 2. The minimum absolute atomic E-state index is 0.00107. The molecule has 0 unspecified atom stereocenters. The molecule has 0 fully saturated rings. The van der Waals surface area contributed by atoms with Crippen molar-refractivity contribution in [2.75, 3.05) is 20.8 Å². The zero-order chi connectivity index (χ0) is 22.1. The van der Waals surface area contributed by atoms with E-state index in [0.717, 1.165) is 5.56 Å². The molecule has 0 bridgehead atoms. The third kappa shape index (κ3) is 6.22. The van der Waals surface area contributed by atoms with Gasteiger partial charge in [-0.15, -0.1) is 0 Å². The fraction of sp³-hybridized carbons (Fsp3) is 0.217. The van der Waals surface area contributed by atoms with Crippen LogP contribution in [0.3, 0.4) is 0 Å². The molecule has 158 valence electrons. The van der Waals surface area contributed by atoms with Crippen LogP contribution in [0.5, 0.6) is 23.0 Å². The van der Waals surface area contributed by atoms with E-state index in [1.165, 1.54) is 32.4 Å². The summed E-state index contributed by atoms with van der Waals surface area (Å²) in [6, 6.07) is 7.83. The number of hydrogen-bond acceptors (Lipinski definition) is 7. The predicted molar refractivity (Wildman–Crippen MR) is 115 cm³/mol. The molecule has 7 heteroatoms. The van der Waals surface area contributed by atoms with E-state index in [-0.39, 0.29) is 35.2 Å². The van der Waals surface area contributed by atoms with E-state index in [0.29, 0.717) is 29.8 Å². The topological polar surface area (TPSA) is 119 Å². The van der Waals surface area contributed by atoms with Crippen molar-refractivity contribution < 1.29 is 29.3 Å². The SMILES string of the molecule is COc1cc(C=CC(=O)CC(=O)C=Cc2cc(OC)c(O)cc2CCN)ccc1O. The van der Waals surface area contributed by atoms with Crippen molar-refractivity contribution in [2.24, 2.45) is 5.73 Å². The highest BCUT2D eigenvalue weighted by Gasteiger charge is 2.09. The molecule has 0 atom stereocenters. The van der Waals surface area contributed by atoms with Gasteiger partial charge in [-0.05, 0) is 66.1 Å². The first-order valence-corrected chi connectivity index (χ1v) is 9.26. The van der Waals surface area contributed by atoms with Crippen molar-refractivity contribution in [1.29, 1.82) is 0 Å². The van der Waals surface area contributed by atoms with Crippen LogP contribution < -0.4 is 15.2 Å². The van der Waals surface area contributed by atoms with Gasteiger partial charge >= 0.3 is 0 Å². The molecule has 2 rings (SSSR count). The van der Waals surface area contributed by atoms with E-state index in [1.54, 1.807) is 36.4 Å². The molecular weight excluding hydrogens is 386 g/mol. The second-order valence-electron chi connectivity index (χ2n) is 6.47. The van der Waals surface area contributed by atoms with Crippen LogP contribution in [0.25, 0.3) is 12.2 Å². The minimum Gasteiger partial charge on any atom is -0.504 e. The number of allylic oxidation sites excluding steroid dienone is 2. The molecule has 0 aliphatic heterocycles. The molecule has 0 saturated heterocycles. The number of methoxy groups -OCH3 is 2. The van der Waals surface area contributed by atoms with E-state index in [2.05, 4.69) is 0 Å². The van der Waals surface area contributed by atoms with E-state index in [9.17, 15) is 19.8 Å². The molecule has 0 saturated carbocycles. The lowest BCUT2D eigenvalue weighted by Gasteiger charge is -2.10. The average molecular weight is 411 g/mol. The standard InChI is InChI=1S/C23H25NO6/c1-29-22-11-15(4-8-20(22)27)3-6-18(25)14-19(26)7-5-16-13-23(30-2)21(28)12-17(16)9-10-24/h3-8,11-13,27-28H,9-10,14,24H2,1-2H3. The Kier molecular flexibility index (Phi) is 8.19. The lowest BCUT2D eigenvalue weighted by Crippen LogP contribution is -2.05. The third-order valence-electron chi connectivity index (χ3n) is 4.32. The third-order valence-corrected chi connectivity index (χ3v) is 4.32. The summed E-state index contributed by atoms with van der Waals surface area (Å²) in [6.07, 6.45) is 5.98. The molecule has 0 amide bonds. The Balaban J connectivity index is 2.06. The lowest BCUT2D eigenvalue weighted by molar-refractivity contribution is -0.121. The maximum absolute atomic E-state index is 12.2. The normalized spacial score (nSPS) is 11.2. The van der Waals surface area contributed by atoms with Gasteiger partial charge in [0.15, 0.2) is 34.6 Å². The van der Waals surface area contributed by atoms with Crippen LogP contribution in [0.4, 0.5) is 0 Å². The van der Waals surface area contributed by atoms with Crippen LogP contribution in [0, 0.1) is 0 Å². The number of carbonyl (C=O) groups excluding carboxylic acids is 2. The Morgan fingerprint density at radius 1 is 0.933 bits per heavy atom. The Hall–Kier alpha value is -3.58. The minimum atomic E-state index is -0.362. The highest BCUT2D eigenvalue weighted by molar-refractivity contribution is 6.10. The smallest absolute Gasteiger partial charge is 0.163 e. The Bertz CT molecular complexity index is 978. The van der Waals surface area contributed by atoms with Crippen molar-refractivity contribution in [3.63, 3.8) is 0 Å². The van der Waals surface area contributed by atoms with Crippen LogP contribution in [0.2, 0.25) is 0 Å². The Labute approximate surface area is 175 Å². The summed E-state index contributed by atoms with van der Waals surface area (Å²) < 4.78 is 10.1. The number of benzene rings is 2. The first-order valence-electron chi connectivity index (χ1n) is 9.26. The average Bonchev–Trinajstić information content (AvgIpc) is 2.72. The molecule has 0 aliphatic carbocycles. The summed E-state index contributed by atoms with van der Waals surface area (Å²) in [5, 5.41) is 19.5. The number of ether oxygens (including phenoxy) is 2. The van der Waals surface area contributed by atoms with Gasteiger partial charge in [-0.2, -0.15) is 0 Å². The molecule has 0 spiro atoms. The second-order valence-corrected chi connectivity index (χ2v) is 6.47. The number of phenolic OH excluding ortho intramolecular Hbond substituents is 2. The molecule has 30 heavy (non-hydrogen) atoms. The quantitative estimate of drug-likeness (QED) is 0.406. The zero-order valence-electron chi connectivity index (χ0n) is 16.9. The molecule has 0 heterocycles. The van der Waals surface area contributed by atoms with Gasteiger partial charge < -0.3 is 25.4 Å². The van der Waals surface area contributed by atoms with Gasteiger partial charge in [-0.1, -0.05) is 18.2 Å². The molecule has 7 nitrogen and oxygen atoms in total. The van der Waals surface area contributed by atoms with Crippen molar-refractivity contribution >= 4 is 23.7 Å². The van der Waals surface area contributed by atoms with Crippen molar-refractivity contribution in [3.8, 4) is 23.0 Å². The largest absolute Gasteiger partial charge is 0.504 e. The molecule has 0 radical (unpaired) electrons. The Morgan fingerprint density at radius 2 is 1.57 bits per heavy atom. The number of rotatable bonds is 10. The van der Waals surface area contributed by atoms with Gasteiger partial charge in [0.2, 0.25) is 0 Å². The molecule has 0 aromatic heterocycles. The van der Waals surface area contributed by atoms with E-state index in [4.69, 9.17) is 15.2 Å². The van der Waals surface area contributed by atoms with Gasteiger partial charge in [-0.3, -0.25) is 9.59 Å². The summed E-state index contributed by atoms with van der Waals surface area (Å²) in [7, 11) is 2.87. The number of nitrogens with two attached hydrogens (primary N) is 1. The molecule has 4 N–H and O–H groups in total. The monoisotopic (exact) mass is 411 g/mol. The summed E-state index contributed by atoms with van der Waals surface area (Å²) in [4.78, 5) is 24.3. The fourth-order valence-electron chi connectivity index (χ4n) is 2.78. The first-order chi connectivity index (χ1) is 14.4. The number of carbonyl (C=O) groups is 2. The van der Waals surface area contributed by atoms with Gasteiger partial charge in [-0.25, -0.2) is 0 Å².